The SMILES string of the molecule is CC(C)(C)[Si](OCC(O)C[C@]1(O)C[C@H]2OC(=S)O[C@H]2[C@H]2O[C@H]21)(c1ccccc1)c1ccccc1. The predicted molar refractivity (Wildman–Crippen MR) is 135 cm³/mol. The van der Waals surface area contributed by atoms with Crippen LogP contribution in [0.1, 0.15) is 33.6 Å². The molecular weight excluding hydrogens is 468 g/mol. The molecule has 2 saturated heterocycles. The number of hydrogen-bond acceptors (Lipinski definition) is 7. The molecule has 3 aliphatic rings. The van der Waals surface area contributed by atoms with Crippen molar-refractivity contribution < 1.29 is 28.8 Å². The minimum absolute atomic E-state index is 0.101. The van der Waals surface area contributed by atoms with Crippen molar-refractivity contribution in [2.75, 3.05) is 6.61 Å². The maximum atomic E-state index is 11.4. The van der Waals surface area contributed by atoms with Gasteiger partial charge in [0.25, 0.3) is 8.32 Å². The van der Waals surface area contributed by atoms with E-state index >= 15 is 0 Å². The van der Waals surface area contributed by atoms with Crippen molar-refractivity contribution in [3.63, 3.8) is 0 Å². The van der Waals surface area contributed by atoms with E-state index in [-0.39, 0.29) is 47.7 Å². The lowest BCUT2D eigenvalue weighted by molar-refractivity contribution is -0.0751. The molecule has 0 radical (unpaired) electrons. The quantitative estimate of drug-likeness (QED) is 0.343. The van der Waals surface area contributed by atoms with Crippen LogP contribution in [0.4, 0.5) is 0 Å². The van der Waals surface area contributed by atoms with Gasteiger partial charge in [-0.1, -0.05) is 81.4 Å². The fourth-order valence-corrected chi connectivity index (χ4v) is 10.6. The lowest BCUT2D eigenvalue weighted by Crippen LogP contribution is -2.67. The van der Waals surface area contributed by atoms with E-state index in [1.165, 1.54) is 0 Å². The monoisotopic (exact) mass is 500 g/mol. The normalized spacial score (nSPS) is 31.1. The summed E-state index contributed by atoms with van der Waals surface area (Å²) in [6.45, 7) is 6.70. The summed E-state index contributed by atoms with van der Waals surface area (Å²) >= 11 is 5.03. The van der Waals surface area contributed by atoms with E-state index in [1.807, 2.05) is 36.4 Å². The van der Waals surface area contributed by atoms with Crippen molar-refractivity contribution in [2.24, 2.45) is 0 Å². The van der Waals surface area contributed by atoms with Crippen molar-refractivity contribution >= 4 is 36.1 Å². The Kier molecular flexibility index (Phi) is 6.11. The topological polar surface area (TPSA) is 80.7 Å². The number of rotatable bonds is 7. The first-order chi connectivity index (χ1) is 16.1. The number of fused-ring (bicyclic) bond motifs is 3. The molecule has 1 saturated carbocycles. The van der Waals surface area contributed by atoms with Gasteiger partial charge in [0.2, 0.25) is 0 Å². The highest BCUT2D eigenvalue weighted by Gasteiger charge is 2.67. The summed E-state index contributed by atoms with van der Waals surface area (Å²) in [4.78, 5) is 0. The molecule has 2 N–H and O–H groups in total. The first-order valence-corrected chi connectivity index (χ1v) is 14.1. The molecule has 0 bridgehead atoms. The van der Waals surface area contributed by atoms with Gasteiger partial charge in [-0.15, -0.1) is 0 Å². The Bertz CT molecular complexity index is 989. The zero-order chi connectivity index (χ0) is 24.1. The largest absolute Gasteiger partial charge is 0.449 e. The molecule has 6 nitrogen and oxygen atoms in total. The van der Waals surface area contributed by atoms with Crippen LogP contribution in [-0.2, 0) is 18.6 Å². The zero-order valence-electron chi connectivity index (χ0n) is 19.7. The Morgan fingerprint density at radius 1 is 1.03 bits per heavy atom. The van der Waals surface area contributed by atoms with Crippen molar-refractivity contribution in [1.29, 1.82) is 0 Å². The van der Waals surface area contributed by atoms with E-state index in [0.717, 1.165) is 10.4 Å². The molecule has 3 fully saturated rings. The minimum atomic E-state index is -2.77. The molecule has 6 atom stereocenters. The zero-order valence-corrected chi connectivity index (χ0v) is 21.5. The molecule has 0 aromatic heterocycles. The summed E-state index contributed by atoms with van der Waals surface area (Å²) in [5.74, 6) is 0. The number of ether oxygens (including phenoxy) is 3. The number of benzene rings is 2. The van der Waals surface area contributed by atoms with Crippen molar-refractivity contribution in [3.8, 4) is 0 Å². The van der Waals surface area contributed by atoms with Gasteiger partial charge < -0.3 is 28.8 Å². The summed E-state index contributed by atoms with van der Waals surface area (Å²) in [6, 6.07) is 20.6. The molecular formula is C26H32O6SSi. The van der Waals surface area contributed by atoms with Crippen LogP contribution < -0.4 is 10.4 Å². The van der Waals surface area contributed by atoms with Gasteiger partial charge in [-0.3, -0.25) is 0 Å². The summed E-state index contributed by atoms with van der Waals surface area (Å²) in [7, 11) is -2.77. The number of hydrogen-bond donors (Lipinski definition) is 2. The number of aliphatic hydroxyl groups excluding tert-OH is 1. The van der Waals surface area contributed by atoms with Gasteiger partial charge in [-0.2, -0.15) is 0 Å². The Hall–Kier alpha value is -1.81. The van der Waals surface area contributed by atoms with E-state index in [9.17, 15) is 10.2 Å². The van der Waals surface area contributed by atoms with Crippen LogP contribution >= 0.6 is 12.2 Å². The Labute approximate surface area is 206 Å². The number of thiocarbonyl (C=S) groups is 1. The van der Waals surface area contributed by atoms with Crippen molar-refractivity contribution in [2.45, 2.75) is 74.8 Å². The second kappa shape index (κ2) is 8.69. The molecule has 2 heterocycles. The number of epoxide rings is 1. The van der Waals surface area contributed by atoms with Gasteiger partial charge in [0.05, 0.1) is 18.3 Å². The standard InChI is InChI=1S/C26H32O6SSi/c1-25(2,3)34(18-10-6-4-7-11-18,19-12-8-5-9-13-19)29-16-17(27)14-26(28)15-20-21(22-23(26)31-22)32-24(33)30-20/h4-13,17,20-23,27-28H,14-16H2,1-3H3/t17?,20-,21-,22-,23-,26+/m1/s1. The van der Waals surface area contributed by atoms with Crippen LogP contribution in [0.2, 0.25) is 5.04 Å². The average molecular weight is 501 g/mol. The van der Waals surface area contributed by atoms with Gasteiger partial charge in [0, 0.05) is 25.1 Å². The van der Waals surface area contributed by atoms with Crippen molar-refractivity contribution in [1.82, 2.24) is 0 Å². The molecule has 0 amide bonds. The second-order valence-electron chi connectivity index (χ2n) is 10.6. The first kappa shape index (κ1) is 23.9. The maximum Gasteiger partial charge on any atom is 0.353 e. The molecule has 182 valence electrons. The average Bonchev–Trinajstić information content (AvgIpc) is 3.52. The van der Waals surface area contributed by atoms with Crippen LogP contribution in [0.3, 0.4) is 0 Å². The highest BCUT2D eigenvalue weighted by Crippen LogP contribution is 2.49. The second-order valence-corrected chi connectivity index (χ2v) is 15.3. The van der Waals surface area contributed by atoms with Gasteiger partial charge >= 0.3 is 5.24 Å². The number of aliphatic hydroxyl groups is 2. The van der Waals surface area contributed by atoms with Crippen LogP contribution in [0.15, 0.2) is 60.7 Å². The van der Waals surface area contributed by atoms with Crippen LogP contribution in [-0.4, -0.2) is 66.5 Å². The minimum Gasteiger partial charge on any atom is -0.449 e. The summed E-state index contributed by atoms with van der Waals surface area (Å²) in [6.07, 6.45) is -1.72. The Morgan fingerprint density at radius 3 is 2.18 bits per heavy atom. The van der Waals surface area contributed by atoms with Gasteiger partial charge in [-0.25, -0.2) is 0 Å². The molecule has 2 aromatic carbocycles. The smallest absolute Gasteiger partial charge is 0.353 e. The third kappa shape index (κ3) is 4.10. The van der Waals surface area contributed by atoms with E-state index < -0.39 is 20.0 Å². The molecule has 0 spiro atoms. The van der Waals surface area contributed by atoms with E-state index in [1.54, 1.807) is 0 Å². The highest BCUT2D eigenvalue weighted by molar-refractivity contribution is 7.79. The predicted octanol–water partition coefficient (Wildman–Crippen LogP) is 2.29. The Balaban J connectivity index is 1.37. The Morgan fingerprint density at radius 2 is 1.62 bits per heavy atom. The molecule has 8 heteroatoms. The molecule has 1 unspecified atom stereocenters. The summed E-state index contributed by atoms with van der Waals surface area (Å²) in [5.41, 5.74) is -1.22. The third-order valence-electron chi connectivity index (χ3n) is 7.28. The molecule has 1 aliphatic carbocycles. The lowest BCUT2D eigenvalue weighted by atomic mass is 9.78. The van der Waals surface area contributed by atoms with Gasteiger partial charge in [-0.05, 0) is 15.4 Å². The lowest BCUT2D eigenvalue weighted by Gasteiger charge is -2.43. The van der Waals surface area contributed by atoms with Gasteiger partial charge in [0.15, 0.2) is 6.10 Å². The third-order valence-corrected chi connectivity index (χ3v) is 12.5. The summed E-state index contributed by atoms with van der Waals surface area (Å²) < 4.78 is 23.7. The molecule has 2 aliphatic heterocycles. The fourth-order valence-electron chi connectivity index (χ4n) is 5.76. The van der Waals surface area contributed by atoms with Crippen LogP contribution in [0.5, 0.6) is 0 Å². The van der Waals surface area contributed by atoms with Crippen molar-refractivity contribution in [3.05, 3.63) is 60.7 Å². The summed E-state index contributed by atoms with van der Waals surface area (Å²) in [5, 5.41) is 24.7. The first-order valence-electron chi connectivity index (χ1n) is 11.8. The molecule has 5 rings (SSSR count). The van der Waals surface area contributed by atoms with Crippen LogP contribution in [0.25, 0.3) is 0 Å². The van der Waals surface area contributed by atoms with Crippen LogP contribution in [0, 0.1) is 0 Å². The maximum absolute atomic E-state index is 11.4. The fraction of sp³-hybridized carbons (Fsp3) is 0.500. The highest BCUT2D eigenvalue weighted by atomic mass is 32.1. The van der Waals surface area contributed by atoms with E-state index in [2.05, 4.69) is 45.0 Å². The van der Waals surface area contributed by atoms with Gasteiger partial charge in [0.1, 0.15) is 18.3 Å². The molecule has 2 aromatic rings. The molecule has 34 heavy (non-hydrogen) atoms. The van der Waals surface area contributed by atoms with E-state index in [0.29, 0.717) is 6.42 Å². The van der Waals surface area contributed by atoms with E-state index in [4.69, 9.17) is 30.9 Å².